The molecule has 0 aliphatic heterocycles. The van der Waals surface area contributed by atoms with Gasteiger partial charge >= 0.3 is 0 Å². The topological polar surface area (TPSA) is 57.8 Å². The van der Waals surface area contributed by atoms with Crippen LogP contribution in [0.3, 0.4) is 0 Å². The van der Waals surface area contributed by atoms with Gasteiger partial charge in [-0.1, -0.05) is 26.2 Å². The monoisotopic (exact) mass is 261 g/mol. The number of fused-ring (bicyclic) bond motifs is 1. The number of aromatic nitrogens is 2. The number of hydrogen-bond donors (Lipinski definition) is 2. The summed E-state index contributed by atoms with van der Waals surface area (Å²) in [4.78, 5) is 12.5. The van der Waals surface area contributed by atoms with Gasteiger partial charge in [0.15, 0.2) is 0 Å². The number of H-pyrrole nitrogens is 1. The standard InChI is InChI=1S/C15H23N3O/c1-15(7-3-2-4-8-15)14(19)17-12-6-5-11-10-16-18-13(11)9-12/h10,12H,2-9H2,1H3,(H,16,18)(H,17,19). The molecule has 0 spiro atoms. The number of aromatic amines is 1. The number of nitrogens with one attached hydrogen (secondary N) is 2. The molecule has 2 aliphatic carbocycles. The molecule has 1 aromatic heterocycles. The highest BCUT2D eigenvalue weighted by Gasteiger charge is 2.36. The molecule has 104 valence electrons. The molecule has 0 bridgehead atoms. The van der Waals surface area contributed by atoms with Crippen molar-refractivity contribution in [3.8, 4) is 0 Å². The van der Waals surface area contributed by atoms with Crippen LogP contribution in [0.15, 0.2) is 6.20 Å². The molecular weight excluding hydrogens is 238 g/mol. The number of carbonyl (C=O) groups is 1. The molecule has 1 aromatic rings. The number of rotatable bonds is 2. The first-order valence-corrected chi connectivity index (χ1v) is 7.49. The van der Waals surface area contributed by atoms with Crippen molar-refractivity contribution < 1.29 is 4.79 Å². The first-order chi connectivity index (χ1) is 9.17. The summed E-state index contributed by atoms with van der Waals surface area (Å²) in [5.41, 5.74) is 2.38. The van der Waals surface area contributed by atoms with Crippen molar-refractivity contribution in [1.82, 2.24) is 15.5 Å². The fourth-order valence-corrected chi connectivity index (χ4v) is 3.45. The van der Waals surface area contributed by atoms with Crippen molar-refractivity contribution >= 4 is 5.91 Å². The minimum Gasteiger partial charge on any atom is -0.352 e. The molecule has 4 nitrogen and oxygen atoms in total. The summed E-state index contributed by atoms with van der Waals surface area (Å²) >= 11 is 0. The lowest BCUT2D eigenvalue weighted by molar-refractivity contribution is -0.132. The summed E-state index contributed by atoms with van der Waals surface area (Å²) in [6.45, 7) is 2.13. The van der Waals surface area contributed by atoms with Crippen LogP contribution < -0.4 is 5.32 Å². The third-order valence-corrected chi connectivity index (χ3v) is 4.86. The van der Waals surface area contributed by atoms with Crippen LogP contribution in [0.5, 0.6) is 0 Å². The van der Waals surface area contributed by atoms with Crippen molar-refractivity contribution in [3.63, 3.8) is 0 Å². The van der Waals surface area contributed by atoms with Gasteiger partial charge in [0, 0.05) is 23.6 Å². The average Bonchev–Trinajstić information content (AvgIpc) is 2.87. The summed E-state index contributed by atoms with van der Waals surface area (Å²) in [6.07, 6.45) is 10.6. The second-order valence-corrected chi connectivity index (χ2v) is 6.41. The molecule has 2 aliphatic rings. The molecule has 2 N–H and O–H groups in total. The molecule has 0 aromatic carbocycles. The smallest absolute Gasteiger partial charge is 0.226 e. The van der Waals surface area contributed by atoms with Crippen molar-refractivity contribution in [3.05, 3.63) is 17.5 Å². The van der Waals surface area contributed by atoms with Gasteiger partial charge in [0.25, 0.3) is 0 Å². The van der Waals surface area contributed by atoms with E-state index >= 15 is 0 Å². The van der Waals surface area contributed by atoms with Crippen molar-refractivity contribution in [2.24, 2.45) is 5.41 Å². The summed E-state index contributed by atoms with van der Waals surface area (Å²) < 4.78 is 0. The molecule has 0 saturated heterocycles. The van der Waals surface area contributed by atoms with Gasteiger partial charge in [-0.3, -0.25) is 9.89 Å². The highest BCUT2D eigenvalue weighted by molar-refractivity contribution is 5.82. The lowest BCUT2D eigenvalue weighted by Crippen LogP contribution is -2.47. The molecule has 1 heterocycles. The Morgan fingerprint density at radius 3 is 3.00 bits per heavy atom. The largest absolute Gasteiger partial charge is 0.352 e. The summed E-state index contributed by atoms with van der Waals surface area (Å²) in [5.74, 6) is 0.264. The first-order valence-electron chi connectivity index (χ1n) is 7.49. The van der Waals surface area contributed by atoms with Gasteiger partial charge in [-0.2, -0.15) is 5.10 Å². The number of aryl methyl sites for hydroxylation is 1. The Labute approximate surface area is 114 Å². The molecule has 1 amide bonds. The Kier molecular flexibility index (Phi) is 3.33. The molecule has 3 rings (SSSR count). The molecule has 1 saturated carbocycles. The van der Waals surface area contributed by atoms with Crippen LogP contribution in [0, 0.1) is 5.41 Å². The Bertz CT molecular complexity index is 460. The van der Waals surface area contributed by atoms with Crippen molar-refractivity contribution in [2.75, 3.05) is 0 Å². The van der Waals surface area contributed by atoms with E-state index in [1.54, 1.807) is 0 Å². The van der Waals surface area contributed by atoms with E-state index in [1.165, 1.54) is 30.5 Å². The molecule has 0 radical (unpaired) electrons. The maximum atomic E-state index is 12.5. The number of carbonyl (C=O) groups excluding carboxylic acids is 1. The Hall–Kier alpha value is -1.32. The Morgan fingerprint density at radius 2 is 2.21 bits per heavy atom. The lowest BCUT2D eigenvalue weighted by atomic mass is 9.74. The van der Waals surface area contributed by atoms with Crippen LogP contribution in [0.4, 0.5) is 0 Å². The molecule has 1 fully saturated rings. The minimum absolute atomic E-state index is 0.132. The van der Waals surface area contributed by atoms with E-state index in [9.17, 15) is 4.79 Å². The van der Waals surface area contributed by atoms with Gasteiger partial charge in [0.1, 0.15) is 0 Å². The van der Waals surface area contributed by atoms with E-state index in [2.05, 4.69) is 22.4 Å². The third-order valence-electron chi connectivity index (χ3n) is 4.86. The second kappa shape index (κ2) is 4.99. The maximum Gasteiger partial charge on any atom is 0.226 e. The van der Waals surface area contributed by atoms with Gasteiger partial charge < -0.3 is 5.32 Å². The Morgan fingerprint density at radius 1 is 1.42 bits per heavy atom. The van der Waals surface area contributed by atoms with Crippen LogP contribution in [0.25, 0.3) is 0 Å². The van der Waals surface area contributed by atoms with E-state index in [-0.39, 0.29) is 17.4 Å². The van der Waals surface area contributed by atoms with Gasteiger partial charge in [0.05, 0.1) is 6.20 Å². The minimum atomic E-state index is -0.132. The predicted molar refractivity (Wildman–Crippen MR) is 73.7 cm³/mol. The zero-order valence-electron chi connectivity index (χ0n) is 11.7. The Balaban J connectivity index is 1.61. The quantitative estimate of drug-likeness (QED) is 0.858. The summed E-state index contributed by atoms with van der Waals surface area (Å²) in [6, 6.07) is 0.277. The molecule has 4 heteroatoms. The molecule has 1 atom stereocenters. The van der Waals surface area contributed by atoms with Crippen LogP contribution in [-0.4, -0.2) is 22.1 Å². The lowest BCUT2D eigenvalue weighted by Gasteiger charge is -2.34. The zero-order valence-corrected chi connectivity index (χ0v) is 11.7. The predicted octanol–water partition coefficient (Wildman–Crippen LogP) is 2.35. The van der Waals surface area contributed by atoms with Gasteiger partial charge in [-0.05, 0) is 31.2 Å². The van der Waals surface area contributed by atoms with Crippen molar-refractivity contribution in [2.45, 2.75) is 64.3 Å². The second-order valence-electron chi connectivity index (χ2n) is 6.41. The fraction of sp³-hybridized carbons (Fsp3) is 0.733. The van der Waals surface area contributed by atoms with Crippen LogP contribution >= 0.6 is 0 Å². The number of hydrogen-bond acceptors (Lipinski definition) is 2. The molecule has 1 unspecified atom stereocenters. The highest BCUT2D eigenvalue weighted by atomic mass is 16.2. The van der Waals surface area contributed by atoms with E-state index in [0.29, 0.717) is 0 Å². The summed E-state index contributed by atoms with van der Waals surface area (Å²) in [5, 5.41) is 10.4. The van der Waals surface area contributed by atoms with E-state index in [1.807, 2.05) is 6.20 Å². The van der Waals surface area contributed by atoms with Crippen LogP contribution in [0.1, 0.15) is 56.7 Å². The van der Waals surface area contributed by atoms with E-state index < -0.39 is 0 Å². The first kappa shape index (κ1) is 12.7. The summed E-state index contributed by atoms with van der Waals surface area (Å²) in [7, 11) is 0. The van der Waals surface area contributed by atoms with E-state index in [4.69, 9.17) is 0 Å². The normalized spacial score (nSPS) is 25.6. The van der Waals surface area contributed by atoms with Gasteiger partial charge in [-0.25, -0.2) is 0 Å². The highest BCUT2D eigenvalue weighted by Crippen LogP contribution is 2.36. The number of nitrogens with zero attached hydrogens (tertiary/aromatic N) is 1. The SMILES string of the molecule is CC1(C(=O)NC2CCc3cn[nH]c3C2)CCCCC1. The fourth-order valence-electron chi connectivity index (χ4n) is 3.45. The van der Waals surface area contributed by atoms with Crippen LogP contribution in [-0.2, 0) is 17.6 Å². The van der Waals surface area contributed by atoms with Crippen LogP contribution in [0.2, 0.25) is 0 Å². The average molecular weight is 261 g/mol. The maximum absolute atomic E-state index is 12.5. The molecular formula is C15H23N3O. The van der Waals surface area contributed by atoms with Gasteiger partial charge in [0.2, 0.25) is 5.91 Å². The van der Waals surface area contributed by atoms with E-state index in [0.717, 1.165) is 32.1 Å². The van der Waals surface area contributed by atoms with Crippen molar-refractivity contribution in [1.29, 1.82) is 0 Å². The number of amides is 1. The third kappa shape index (κ3) is 2.53. The molecule has 19 heavy (non-hydrogen) atoms. The van der Waals surface area contributed by atoms with Gasteiger partial charge in [-0.15, -0.1) is 0 Å². The zero-order chi connectivity index (χ0) is 13.3.